The molecule has 0 saturated carbocycles. The number of fused-ring (bicyclic) bond motifs is 1. The molecule has 1 aliphatic heterocycles. The molecule has 0 bridgehead atoms. The quantitative estimate of drug-likeness (QED) is 0.328. The Morgan fingerprint density at radius 1 is 1.24 bits per heavy atom. The van der Waals surface area contributed by atoms with Gasteiger partial charge in [-0.15, -0.1) is 0 Å². The summed E-state index contributed by atoms with van der Waals surface area (Å²) in [5.41, 5.74) is 0.114. The van der Waals surface area contributed by atoms with Crippen molar-refractivity contribution < 1.29 is 27.4 Å². The lowest BCUT2D eigenvalue weighted by Crippen LogP contribution is -2.13. The van der Waals surface area contributed by atoms with Gasteiger partial charge in [-0.05, 0) is 24.6 Å². The summed E-state index contributed by atoms with van der Waals surface area (Å²) in [7, 11) is 1.65. The van der Waals surface area contributed by atoms with Gasteiger partial charge >= 0.3 is 6.18 Å². The van der Waals surface area contributed by atoms with Crippen molar-refractivity contribution in [2.24, 2.45) is 7.05 Å². The number of imidazole rings is 1. The Kier molecular flexibility index (Phi) is 6.80. The zero-order valence-corrected chi connectivity index (χ0v) is 20.9. The predicted molar refractivity (Wildman–Crippen MR) is 133 cm³/mol. The highest BCUT2D eigenvalue weighted by molar-refractivity contribution is 6.36. The fourth-order valence-corrected chi connectivity index (χ4v) is 4.32. The number of amides is 1. The first kappa shape index (κ1) is 25.7. The molecule has 0 aromatic carbocycles. The van der Waals surface area contributed by atoms with Crippen LogP contribution in [0.3, 0.4) is 0 Å². The van der Waals surface area contributed by atoms with Crippen LogP contribution in [0.2, 0.25) is 5.02 Å². The highest BCUT2D eigenvalue weighted by Gasteiger charge is 2.34. The number of nitrogens with one attached hydrogen (secondary N) is 2. The second-order valence-electron chi connectivity index (χ2n) is 8.61. The van der Waals surface area contributed by atoms with E-state index in [9.17, 15) is 18.0 Å². The summed E-state index contributed by atoms with van der Waals surface area (Å²) in [6.45, 7) is 2.14. The van der Waals surface area contributed by atoms with Crippen LogP contribution in [0, 0.1) is 0 Å². The molecule has 4 aromatic heterocycles. The Morgan fingerprint density at radius 3 is 2.76 bits per heavy atom. The van der Waals surface area contributed by atoms with E-state index >= 15 is 0 Å². The van der Waals surface area contributed by atoms with Crippen molar-refractivity contribution >= 4 is 46.1 Å². The molecule has 5 rings (SSSR count). The minimum absolute atomic E-state index is 0.169. The van der Waals surface area contributed by atoms with E-state index in [1.807, 2.05) is 0 Å². The Labute approximate surface area is 219 Å². The maximum Gasteiger partial charge on any atom is 0.433 e. The lowest BCUT2D eigenvalue weighted by molar-refractivity contribution is -0.141. The van der Waals surface area contributed by atoms with Crippen LogP contribution in [-0.4, -0.2) is 43.6 Å². The highest BCUT2D eigenvalue weighted by atomic mass is 35.5. The molecule has 4 aromatic rings. The molecule has 1 saturated heterocycles. The number of nitrogens with zero attached hydrogens (tertiary/aromatic N) is 5. The number of ether oxygens (including phenoxy) is 2. The van der Waals surface area contributed by atoms with Crippen LogP contribution in [0.25, 0.3) is 11.2 Å². The van der Waals surface area contributed by atoms with Crippen molar-refractivity contribution in [2.75, 3.05) is 23.8 Å². The molecule has 0 spiro atoms. The molecule has 0 radical (unpaired) electrons. The predicted octanol–water partition coefficient (Wildman–Crippen LogP) is 5.43. The maximum atomic E-state index is 13.6. The number of carbonyl (C=O) groups excluding carboxylic acids is 1. The number of aromatic nitrogens is 5. The van der Waals surface area contributed by atoms with Gasteiger partial charge in [0.25, 0.3) is 0 Å². The van der Waals surface area contributed by atoms with E-state index in [1.165, 1.54) is 25.4 Å². The van der Waals surface area contributed by atoms with E-state index in [0.29, 0.717) is 42.4 Å². The molecule has 0 aliphatic carbocycles. The van der Waals surface area contributed by atoms with Gasteiger partial charge in [0.2, 0.25) is 11.9 Å². The minimum atomic E-state index is -4.62. The second kappa shape index (κ2) is 10.1. The van der Waals surface area contributed by atoms with Gasteiger partial charge in [-0.25, -0.2) is 15.0 Å². The third kappa shape index (κ3) is 5.34. The standard InChI is InChI=1S/C24H21ClF3N7O3/c1-12(36)31-19-9-15(3-5-29-19)38-17-10-30-22-21(20(17)25)35(2)23(34-22)32-14-7-16(13-4-6-37-11-13)33-18(8-14)24(26,27)28/h3,5,7-10,13H,4,6,11H2,1-2H3,(H,29,31,36)(H,30,32,33,34)/t13-/m1/s1. The molecule has 1 atom stereocenters. The summed E-state index contributed by atoms with van der Waals surface area (Å²) < 4.78 is 53.5. The monoisotopic (exact) mass is 547 g/mol. The zero-order valence-electron chi connectivity index (χ0n) is 20.1. The summed E-state index contributed by atoms with van der Waals surface area (Å²) in [5.74, 6) is 0.565. The molecule has 1 amide bonds. The first-order chi connectivity index (χ1) is 18.1. The number of hydrogen-bond acceptors (Lipinski definition) is 8. The number of halogens is 4. The largest absolute Gasteiger partial charge is 0.454 e. The van der Waals surface area contributed by atoms with Gasteiger partial charge in [-0.3, -0.25) is 4.79 Å². The van der Waals surface area contributed by atoms with E-state index in [2.05, 4.69) is 30.6 Å². The Hall–Kier alpha value is -3.97. The van der Waals surface area contributed by atoms with Gasteiger partial charge < -0.3 is 24.7 Å². The van der Waals surface area contributed by atoms with Crippen molar-refractivity contribution in [1.82, 2.24) is 24.5 Å². The van der Waals surface area contributed by atoms with Gasteiger partial charge in [0.05, 0.1) is 12.8 Å². The number of alkyl halides is 3. The van der Waals surface area contributed by atoms with Gasteiger partial charge in [0.1, 0.15) is 27.8 Å². The Bertz CT molecular complexity index is 1520. The average molecular weight is 548 g/mol. The number of aryl methyl sites for hydroxylation is 1. The number of anilines is 3. The number of rotatable bonds is 6. The second-order valence-corrected chi connectivity index (χ2v) is 8.99. The van der Waals surface area contributed by atoms with E-state index in [1.54, 1.807) is 23.7 Å². The smallest absolute Gasteiger partial charge is 0.433 e. The molecule has 38 heavy (non-hydrogen) atoms. The summed E-state index contributed by atoms with van der Waals surface area (Å²) >= 11 is 6.62. The maximum absolute atomic E-state index is 13.6. The van der Waals surface area contributed by atoms with Crippen molar-refractivity contribution in [3.8, 4) is 11.5 Å². The SMILES string of the molecule is CC(=O)Nc1cc(Oc2cnc3nc(Nc4cc([C@@H]5CCOC5)nc(C(F)(F)F)c4)n(C)c3c2Cl)ccn1. The van der Waals surface area contributed by atoms with Crippen LogP contribution in [0.5, 0.6) is 11.5 Å². The topological polar surface area (TPSA) is 116 Å². The van der Waals surface area contributed by atoms with Gasteiger partial charge in [0, 0.05) is 50.1 Å². The van der Waals surface area contributed by atoms with E-state index < -0.39 is 11.9 Å². The van der Waals surface area contributed by atoms with E-state index in [4.69, 9.17) is 21.1 Å². The van der Waals surface area contributed by atoms with Gasteiger partial charge in [0.15, 0.2) is 11.4 Å². The van der Waals surface area contributed by atoms with Crippen molar-refractivity contribution in [3.05, 3.63) is 53.1 Å². The summed E-state index contributed by atoms with van der Waals surface area (Å²) in [4.78, 5) is 27.9. The Balaban J connectivity index is 1.46. The number of carbonyl (C=O) groups is 1. The van der Waals surface area contributed by atoms with Crippen molar-refractivity contribution in [2.45, 2.75) is 25.4 Å². The minimum Gasteiger partial charge on any atom is -0.454 e. The molecular formula is C24H21ClF3N7O3. The summed E-state index contributed by atoms with van der Waals surface area (Å²) in [6, 6.07) is 5.59. The molecule has 2 N–H and O–H groups in total. The van der Waals surface area contributed by atoms with Crippen molar-refractivity contribution in [1.29, 1.82) is 0 Å². The molecule has 14 heteroatoms. The molecule has 1 fully saturated rings. The third-order valence-corrected chi connectivity index (χ3v) is 6.17. The number of pyridine rings is 3. The lowest BCUT2D eigenvalue weighted by atomic mass is 10.0. The highest BCUT2D eigenvalue weighted by Crippen LogP contribution is 2.37. The lowest BCUT2D eigenvalue weighted by Gasteiger charge is -2.15. The first-order valence-corrected chi connectivity index (χ1v) is 11.8. The molecule has 198 valence electrons. The molecule has 1 aliphatic rings. The molecule has 5 heterocycles. The molecule has 10 nitrogen and oxygen atoms in total. The van der Waals surface area contributed by atoms with Crippen LogP contribution in [0.15, 0.2) is 36.7 Å². The molecule has 0 unspecified atom stereocenters. The number of hydrogen-bond donors (Lipinski definition) is 2. The zero-order chi connectivity index (χ0) is 27.0. The molecular weight excluding hydrogens is 527 g/mol. The van der Waals surface area contributed by atoms with E-state index in [0.717, 1.165) is 6.07 Å². The Morgan fingerprint density at radius 2 is 2.05 bits per heavy atom. The normalized spacial score (nSPS) is 15.6. The average Bonchev–Trinajstić information content (AvgIpc) is 3.49. The van der Waals surface area contributed by atoms with Crippen LogP contribution in [-0.2, 0) is 22.8 Å². The first-order valence-electron chi connectivity index (χ1n) is 11.4. The summed E-state index contributed by atoms with van der Waals surface area (Å²) in [5, 5.41) is 5.69. The van der Waals surface area contributed by atoms with Crippen molar-refractivity contribution in [3.63, 3.8) is 0 Å². The van der Waals surface area contributed by atoms with Crippen LogP contribution < -0.4 is 15.4 Å². The summed E-state index contributed by atoms with van der Waals surface area (Å²) in [6.07, 6.45) is -1.19. The fourth-order valence-electron chi connectivity index (χ4n) is 4.02. The van der Waals surface area contributed by atoms with Crippen LogP contribution in [0.4, 0.5) is 30.6 Å². The fraction of sp³-hybridized carbons (Fsp3) is 0.292. The van der Waals surface area contributed by atoms with E-state index in [-0.39, 0.29) is 39.9 Å². The van der Waals surface area contributed by atoms with Crippen LogP contribution >= 0.6 is 11.6 Å². The van der Waals surface area contributed by atoms with Crippen LogP contribution in [0.1, 0.15) is 30.7 Å². The van der Waals surface area contributed by atoms with Gasteiger partial charge in [-0.2, -0.15) is 18.2 Å². The van der Waals surface area contributed by atoms with Gasteiger partial charge in [-0.1, -0.05) is 11.6 Å². The third-order valence-electron chi connectivity index (χ3n) is 5.81.